The molecule has 0 unspecified atom stereocenters. The van der Waals surface area contributed by atoms with E-state index in [2.05, 4.69) is 10.1 Å². The van der Waals surface area contributed by atoms with Crippen molar-refractivity contribution >= 4 is 11.7 Å². The van der Waals surface area contributed by atoms with E-state index in [1.807, 2.05) is 11.0 Å². The second-order valence-corrected chi connectivity index (χ2v) is 8.65. The summed E-state index contributed by atoms with van der Waals surface area (Å²) in [4.78, 5) is 32.5. The number of aromatic amines is 1. The normalized spacial score (nSPS) is 20.6. The van der Waals surface area contributed by atoms with E-state index in [0.717, 1.165) is 18.4 Å². The highest BCUT2D eigenvalue weighted by molar-refractivity contribution is 5.77. The summed E-state index contributed by atoms with van der Waals surface area (Å²) in [7, 11) is 0. The van der Waals surface area contributed by atoms with Crippen LogP contribution in [0, 0.1) is 11.3 Å². The molecule has 0 radical (unpaired) electrons. The number of halogens is 3. The van der Waals surface area contributed by atoms with Gasteiger partial charge in [-0.3, -0.25) is 9.59 Å². The SMILES string of the molecule is N#Cc1ccc(N2CCN(C(=O)C[C@H]3CCC[C@H](COc4cn[nH]c(=O)c4C(F)(F)F)O3)CC2)nc1. The molecule has 2 aliphatic rings. The second-order valence-electron chi connectivity index (χ2n) is 8.65. The molecule has 2 atom stereocenters. The minimum absolute atomic E-state index is 0.0489. The first-order valence-corrected chi connectivity index (χ1v) is 11.6. The molecule has 2 fully saturated rings. The van der Waals surface area contributed by atoms with Gasteiger partial charge < -0.3 is 19.3 Å². The summed E-state index contributed by atoms with van der Waals surface area (Å²) in [6.07, 6.45) is -1.26. The fourth-order valence-electron chi connectivity index (χ4n) is 4.34. The van der Waals surface area contributed by atoms with Crippen molar-refractivity contribution in [3.63, 3.8) is 0 Å². The number of carbonyl (C=O) groups is 1. The summed E-state index contributed by atoms with van der Waals surface area (Å²) >= 11 is 0. The Morgan fingerprint density at radius 2 is 1.94 bits per heavy atom. The average molecular weight is 506 g/mol. The van der Waals surface area contributed by atoms with Crippen molar-refractivity contribution in [3.05, 3.63) is 46.0 Å². The number of nitriles is 1. The van der Waals surface area contributed by atoms with Gasteiger partial charge in [0.25, 0.3) is 5.56 Å². The van der Waals surface area contributed by atoms with Crippen LogP contribution in [0.1, 0.15) is 36.8 Å². The van der Waals surface area contributed by atoms with Gasteiger partial charge in [-0.2, -0.15) is 23.5 Å². The summed E-state index contributed by atoms with van der Waals surface area (Å²) in [5.41, 5.74) is -2.32. The van der Waals surface area contributed by atoms with Crippen LogP contribution in [0.15, 0.2) is 29.3 Å². The number of nitrogens with zero attached hydrogens (tertiary/aromatic N) is 5. The Kier molecular flexibility index (Phi) is 7.73. The summed E-state index contributed by atoms with van der Waals surface area (Å²) in [5, 5.41) is 14.0. The maximum absolute atomic E-state index is 13.2. The maximum Gasteiger partial charge on any atom is 0.425 e. The van der Waals surface area contributed by atoms with Gasteiger partial charge in [0.05, 0.1) is 30.4 Å². The van der Waals surface area contributed by atoms with Crippen LogP contribution < -0.4 is 15.2 Å². The van der Waals surface area contributed by atoms with Gasteiger partial charge in [-0.25, -0.2) is 10.1 Å². The molecule has 2 saturated heterocycles. The van der Waals surface area contributed by atoms with E-state index in [4.69, 9.17) is 14.7 Å². The minimum atomic E-state index is -4.88. The topological polar surface area (TPSA) is 124 Å². The number of hydrogen-bond acceptors (Lipinski definition) is 8. The monoisotopic (exact) mass is 506 g/mol. The van der Waals surface area contributed by atoms with Crippen LogP contribution >= 0.6 is 0 Å². The van der Waals surface area contributed by atoms with Gasteiger partial charge in [0, 0.05) is 32.4 Å². The number of piperazine rings is 1. The molecule has 13 heteroatoms. The molecule has 0 bridgehead atoms. The predicted octanol–water partition coefficient (Wildman–Crippen LogP) is 2.11. The van der Waals surface area contributed by atoms with Gasteiger partial charge in [0.1, 0.15) is 18.5 Å². The van der Waals surface area contributed by atoms with Crippen molar-refractivity contribution < 1.29 is 27.4 Å². The van der Waals surface area contributed by atoms with Gasteiger partial charge in [0.15, 0.2) is 11.3 Å². The Bertz CT molecular complexity index is 1160. The molecular weight excluding hydrogens is 481 g/mol. The van der Waals surface area contributed by atoms with E-state index in [1.165, 1.54) is 6.20 Å². The van der Waals surface area contributed by atoms with Crippen LogP contribution in [0.25, 0.3) is 0 Å². The standard InChI is InChI=1S/C23H25F3N6O4/c24-23(25,26)21-18(13-29-30-22(21)34)35-14-17-3-1-2-16(36-17)10-20(33)32-8-6-31(7-9-32)19-5-4-15(11-27)12-28-19/h4-5,12-13,16-17H,1-3,6-10,14H2,(H,30,34)/t16-,17-/m1/s1. The highest BCUT2D eigenvalue weighted by atomic mass is 19.4. The van der Waals surface area contributed by atoms with Gasteiger partial charge in [0.2, 0.25) is 5.91 Å². The third-order valence-electron chi connectivity index (χ3n) is 6.20. The van der Waals surface area contributed by atoms with Crippen LogP contribution in [-0.4, -0.2) is 71.0 Å². The Morgan fingerprint density at radius 3 is 2.61 bits per heavy atom. The van der Waals surface area contributed by atoms with Crippen LogP contribution in [0.2, 0.25) is 0 Å². The largest absolute Gasteiger partial charge is 0.488 e. The number of aromatic nitrogens is 3. The smallest absolute Gasteiger partial charge is 0.425 e. The Labute approximate surface area is 204 Å². The average Bonchev–Trinajstić information content (AvgIpc) is 2.87. The molecule has 0 saturated carbocycles. The van der Waals surface area contributed by atoms with Crippen LogP contribution in [0.4, 0.5) is 19.0 Å². The van der Waals surface area contributed by atoms with Gasteiger partial charge in [-0.05, 0) is 31.4 Å². The first-order valence-electron chi connectivity index (χ1n) is 11.6. The van der Waals surface area contributed by atoms with Crippen molar-refractivity contribution in [2.24, 2.45) is 0 Å². The summed E-state index contributed by atoms with van der Waals surface area (Å²) in [6, 6.07) is 5.52. The molecule has 0 aromatic carbocycles. The van der Waals surface area contributed by atoms with Crippen molar-refractivity contribution in [2.45, 2.75) is 44.1 Å². The van der Waals surface area contributed by atoms with Gasteiger partial charge in [-0.15, -0.1) is 0 Å². The lowest BCUT2D eigenvalue weighted by atomic mass is 10.0. The number of pyridine rings is 1. The van der Waals surface area contributed by atoms with E-state index in [0.29, 0.717) is 44.6 Å². The van der Waals surface area contributed by atoms with E-state index in [-0.39, 0.29) is 25.0 Å². The Hall–Kier alpha value is -3.66. The number of anilines is 1. The number of H-pyrrole nitrogens is 1. The number of carbonyl (C=O) groups excluding carboxylic acids is 1. The molecule has 2 aromatic heterocycles. The molecule has 1 amide bonds. The van der Waals surface area contributed by atoms with E-state index >= 15 is 0 Å². The summed E-state index contributed by atoms with van der Waals surface area (Å²) in [5.74, 6) is 0.0543. The molecule has 192 valence electrons. The lowest BCUT2D eigenvalue weighted by Gasteiger charge is -2.37. The third-order valence-corrected chi connectivity index (χ3v) is 6.20. The first kappa shape index (κ1) is 25.4. The third kappa shape index (κ3) is 6.12. The van der Waals surface area contributed by atoms with Gasteiger partial charge >= 0.3 is 6.18 Å². The first-order chi connectivity index (χ1) is 17.2. The van der Waals surface area contributed by atoms with E-state index in [1.54, 1.807) is 22.1 Å². The van der Waals surface area contributed by atoms with E-state index < -0.39 is 29.2 Å². The number of nitrogens with one attached hydrogen (secondary N) is 1. The molecule has 2 aromatic rings. The number of alkyl halides is 3. The van der Waals surface area contributed by atoms with E-state index in [9.17, 15) is 22.8 Å². The fraction of sp³-hybridized carbons (Fsp3) is 0.522. The number of hydrogen-bond donors (Lipinski definition) is 1. The second kappa shape index (κ2) is 10.9. The molecular formula is C23H25F3N6O4. The molecule has 36 heavy (non-hydrogen) atoms. The Balaban J connectivity index is 1.26. The minimum Gasteiger partial charge on any atom is -0.488 e. The molecule has 0 aliphatic carbocycles. The molecule has 1 N–H and O–H groups in total. The molecule has 2 aliphatic heterocycles. The van der Waals surface area contributed by atoms with Crippen molar-refractivity contribution in [2.75, 3.05) is 37.7 Å². The van der Waals surface area contributed by atoms with Gasteiger partial charge in [-0.1, -0.05) is 0 Å². The fourth-order valence-corrected chi connectivity index (χ4v) is 4.34. The summed E-state index contributed by atoms with van der Waals surface area (Å²) in [6.45, 7) is 2.08. The molecule has 4 rings (SSSR count). The van der Waals surface area contributed by atoms with Crippen LogP contribution in [0.5, 0.6) is 5.75 Å². The van der Waals surface area contributed by atoms with Crippen molar-refractivity contribution in [1.82, 2.24) is 20.1 Å². The van der Waals surface area contributed by atoms with Crippen LogP contribution in [0.3, 0.4) is 0 Å². The highest BCUT2D eigenvalue weighted by Crippen LogP contribution is 2.33. The number of rotatable bonds is 6. The quantitative estimate of drug-likeness (QED) is 0.632. The number of ether oxygens (including phenoxy) is 2. The molecule has 0 spiro atoms. The summed E-state index contributed by atoms with van der Waals surface area (Å²) < 4.78 is 50.8. The lowest BCUT2D eigenvalue weighted by molar-refractivity contribution is -0.142. The zero-order valence-corrected chi connectivity index (χ0v) is 19.3. The zero-order valence-electron chi connectivity index (χ0n) is 19.3. The predicted molar refractivity (Wildman–Crippen MR) is 120 cm³/mol. The van der Waals surface area contributed by atoms with Crippen molar-refractivity contribution in [1.29, 1.82) is 5.26 Å². The Morgan fingerprint density at radius 1 is 1.19 bits per heavy atom. The maximum atomic E-state index is 13.2. The molecule has 10 nitrogen and oxygen atoms in total. The lowest BCUT2D eigenvalue weighted by Crippen LogP contribution is -2.50. The van der Waals surface area contributed by atoms with Crippen LogP contribution in [-0.2, 0) is 15.7 Å². The number of amides is 1. The zero-order chi connectivity index (χ0) is 25.7. The van der Waals surface area contributed by atoms with Crippen molar-refractivity contribution in [3.8, 4) is 11.8 Å². The molecule has 4 heterocycles. The highest BCUT2D eigenvalue weighted by Gasteiger charge is 2.38.